The second-order valence-corrected chi connectivity index (χ2v) is 14.1. The van der Waals surface area contributed by atoms with Crippen LogP contribution in [0.25, 0.3) is 32.9 Å². The first-order valence-corrected chi connectivity index (χ1v) is 17.0. The van der Waals surface area contributed by atoms with Gasteiger partial charge in [-0.1, -0.05) is 13.0 Å². The Morgan fingerprint density at radius 1 is 1.17 bits per heavy atom. The van der Waals surface area contributed by atoms with Crippen LogP contribution in [0.1, 0.15) is 51.5 Å². The zero-order valence-electron chi connectivity index (χ0n) is 26.9. The van der Waals surface area contributed by atoms with Gasteiger partial charge in [-0.05, 0) is 92.1 Å². The molecule has 2 bridgehead atoms. The number of aromatic nitrogens is 3. The second-order valence-electron chi connectivity index (χ2n) is 14.1. The van der Waals surface area contributed by atoms with E-state index in [2.05, 4.69) is 20.1 Å². The van der Waals surface area contributed by atoms with Gasteiger partial charge in [0.05, 0.1) is 17.9 Å². The number of hydrogen-bond acceptors (Lipinski definition) is 9. The van der Waals surface area contributed by atoms with Crippen LogP contribution in [0.15, 0.2) is 36.2 Å². The lowest BCUT2D eigenvalue weighted by Gasteiger charge is -2.42. The summed E-state index contributed by atoms with van der Waals surface area (Å²) >= 11 is 0. The normalized spacial score (nSPS) is 28.6. The molecule has 0 unspecified atom stereocenters. The zero-order chi connectivity index (χ0) is 32.9. The van der Waals surface area contributed by atoms with Gasteiger partial charge in [0.15, 0.2) is 5.82 Å². The predicted molar refractivity (Wildman–Crippen MR) is 175 cm³/mol. The first-order chi connectivity index (χ1) is 23.3. The molecule has 5 aliphatic rings. The molecule has 2 aromatic heterocycles. The molecule has 2 N–H and O–H groups in total. The summed E-state index contributed by atoms with van der Waals surface area (Å²) in [6, 6.07) is 6.21. The molecule has 0 spiro atoms. The number of phenolic OH excluding ortho intramolecular Hbond substituents is 1. The Kier molecular flexibility index (Phi) is 6.82. The molecule has 9 rings (SSSR count). The van der Waals surface area contributed by atoms with E-state index in [9.17, 15) is 9.50 Å². The maximum Gasteiger partial charge on any atom is 0.319 e. The lowest BCUT2D eigenvalue weighted by molar-refractivity contribution is 0.108. The van der Waals surface area contributed by atoms with Crippen molar-refractivity contribution in [2.75, 3.05) is 31.1 Å². The summed E-state index contributed by atoms with van der Waals surface area (Å²) in [5.74, 6) is -0.566. The number of rotatable bonds is 5. The molecule has 250 valence electrons. The quantitative estimate of drug-likeness (QED) is 0.270. The molecular formula is C36H37F3N6O3. The van der Waals surface area contributed by atoms with E-state index in [0.29, 0.717) is 59.8 Å². The Morgan fingerprint density at radius 3 is 2.88 bits per heavy atom. The van der Waals surface area contributed by atoms with Crippen LogP contribution in [0.4, 0.5) is 19.0 Å². The Morgan fingerprint density at radius 2 is 2.04 bits per heavy atom. The highest BCUT2D eigenvalue weighted by Crippen LogP contribution is 2.47. The molecule has 4 fully saturated rings. The van der Waals surface area contributed by atoms with E-state index in [1.165, 1.54) is 18.2 Å². The van der Waals surface area contributed by atoms with Crippen LogP contribution in [0, 0.1) is 11.6 Å². The van der Waals surface area contributed by atoms with Crippen molar-refractivity contribution in [2.24, 2.45) is 0 Å². The van der Waals surface area contributed by atoms with Gasteiger partial charge in [0.25, 0.3) is 0 Å². The lowest BCUT2D eigenvalue weighted by Crippen LogP contribution is -2.62. The van der Waals surface area contributed by atoms with Gasteiger partial charge in [0, 0.05) is 30.7 Å². The van der Waals surface area contributed by atoms with Gasteiger partial charge in [-0.3, -0.25) is 4.90 Å². The molecule has 0 aliphatic carbocycles. The van der Waals surface area contributed by atoms with Gasteiger partial charge in [-0.2, -0.15) is 9.97 Å². The smallest absolute Gasteiger partial charge is 0.319 e. The predicted octanol–water partition coefficient (Wildman–Crippen LogP) is 5.95. The highest BCUT2D eigenvalue weighted by molar-refractivity contribution is 6.03. The highest BCUT2D eigenvalue weighted by Gasteiger charge is 2.49. The first kappa shape index (κ1) is 29.9. The van der Waals surface area contributed by atoms with Crippen LogP contribution < -0.4 is 19.7 Å². The first-order valence-electron chi connectivity index (χ1n) is 17.0. The van der Waals surface area contributed by atoms with E-state index in [1.54, 1.807) is 6.07 Å². The van der Waals surface area contributed by atoms with Gasteiger partial charge in [0.1, 0.15) is 46.7 Å². The van der Waals surface area contributed by atoms with Gasteiger partial charge in [-0.25, -0.2) is 18.2 Å². The van der Waals surface area contributed by atoms with Gasteiger partial charge in [-0.15, -0.1) is 0 Å². The molecule has 5 atom stereocenters. The minimum atomic E-state index is -0.738. The second kappa shape index (κ2) is 10.9. The minimum absolute atomic E-state index is 0.0174. The summed E-state index contributed by atoms with van der Waals surface area (Å²) < 4.78 is 58.9. The van der Waals surface area contributed by atoms with E-state index in [1.807, 2.05) is 13.8 Å². The number of halogens is 3. The van der Waals surface area contributed by atoms with Crippen molar-refractivity contribution >= 4 is 27.5 Å². The van der Waals surface area contributed by atoms with Crippen molar-refractivity contribution in [2.45, 2.75) is 82.1 Å². The summed E-state index contributed by atoms with van der Waals surface area (Å²) in [6.07, 6.45) is 5.11. The fourth-order valence-electron chi connectivity index (χ4n) is 9.22. The molecule has 9 nitrogen and oxygen atoms in total. The summed E-state index contributed by atoms with van der Waals surface area (Å²) in [5.41, 5.74) is 0.894. The Hall–Kier alpha value is -4.16. The Balaban J connectivity index is 1.25. The van der Waals surface area contributed by atoms with Crippen LogP contribution in [0.5, 0.6) is 17.6 Å². The third kappa shape index (κ3) is 4.41. The molecule has 12 heteroatoms. The lowest BCUT2D eigenvalue weighted by atomic mass is 9.94. The fourth-order valence-corrected chi connectivity index (χ4v) is 9.22. The van der Waals surface area contributed by atoms with Crippen LogP contribution in [0.2, 0.25) is 0 Å². The molecule has 0 radical (unpaired) electrons. The number of hydrogen-bond donors (Lipinski definition) is 2. The number of aryl methyl sites for hydroxylation is 1. The number of phenols is 1. The zero-order valence-corrected chi connectivity index (χ0v) is 26.9. The van der Waals surface area contributed by atoms with Crippen LogP contribution in [0.3, 0.4) is 0 Å². The number of benzene rings is 2. The van der Waals surface area contributed by atoms with E-state index < -0.39 is 11.6 Å². The van der Waals surface area contributed by atoms with Gasteiger partial charge in [0.2, 0.25) is 5.88 Å². The molecule has 5 aliphatic heterocycles. The van der Waals surface area contributed by atoms with Crippen molar-refractivity contribution in [3.63, 3.8) is 0 Å². The average molecular weight is 659 g/mol. The van der Waals surface area contributed by atoms with Gasteiger partial charge < -0.3 is 24.8 Å². The number of piperazine rings is 1. The summed E-state index contributed by atoms with van der Waals surface area (Å²) in [6.45, 7) is 6.14. The van der Waals surface area contributed by atoms with Crippen molar-refractivity contribution < 1.29 is 27.8 Å². The van der Waals surface area contributed by atoms with Crippen LogP contribution >= 0.6 is 0 Å². The Labute approximate surface area is 275 Å². The maximum atomic E-state index is 17.2. The molecule has 48 heavy (non-hydrogen) atoms. The largest absolute Gasteiger partial charge is 0.508 e. The number of ether oxygens (including phenoxy) is 2. The van der Waals surface area contributed by atoms with E-state index in [0.717, 1.165) is 37.8 Å². The molecule has 4 aromatic rings. The molecule has 0 saturated carbocycles. The highest BCUT2D eigenvalue weighted by atomic mass is 19.1. The standard InChI is InChI=1S/C36H37F3N6O3/c1-3-23-25(38)7-5-20-11-22(46)12-24(27(20)23)30-29(39)31-28-33(45-16-21-6-8-26(40-21)32(45)18(2)48-34(28)41-30)43-35(42-31)47-17-36-9-4-10-44(36)15-19(13-36)14-37/h5,7,11-12,14,18,21,26,32,40,46H,3-4,6,8-10,13,15-17H2,1-2H3/b19-14+/t18-,21+,26-,32+,36+/m0/s1. The van der Waals surface area contributed by atoms with E-state index in [4.69, 9.17) is 19.4 Å². The monoisotopic (exact) mass is 658 g/mol. The van der Waals surface area contributed by atoms with Crippen molar-refractivity contribution in [3.8, 4) is 28.9 Å². The van der Waals surface area contributed by atoms with Crippen molar-refractivity contribution in [3.05, 3.63) is 53.4 Å². The molecule has 7 heterocycles. The fraction of sp³-hybridized carbons (Fsp3) is 0.472. The molecular weight excluding hydrogens is 621 g/mol. The number of aromatic hydroxyl groups is 1. The number of nitrogens with one attached hydrogen (secondary N) is 1. The number of nitrogens with zero attached hydrogens (tertiary/aromatic N) is 5. The number of pyridine rings is 1. The molecule has 0 amide bonds. The van der Waals surface area contributed by atoms with Crippen molar-refractivity contribution in [1.29, 1.82) is 0 Å². The van der Waals surface area contributed by atoms with Crippen LogP contribution in [-0.4, -0.2) is 81.0 Å². The third-order valence-electron chi connectivity index (χ3n) is 11.3. The van der Waals surface area contributed by atoms with E-state index >= 15 is 8.78 Å². The minimum Gasteiger partial charge on any atom is -0.508 e. The van der Waals surface area contributed by atoms with E-state index in [-0.39, 0.29) is 70.8 Å². The van der Waals surface area contributed by atoms with Gasteiger partial charge >= 0.3 is 6.01 Å². The Bertz CT molecular complexity index is 2030. The molecule has 4 saturated heterocycles. The number of fused-ring (bicyclic) bond motifs is 7. The van der Waals surface area contributed by atoms with Crippen LogP contribution in [-0.2, 0) is 6.42 Å². The summed E-state index contributed by atoms with van der Waals surface area (Å²) in [4.78, 5) is 18.9. The van der Waals surface area contributed by atoms with Crippen molar-refractivity contribution in [1.82, 2.24) is 25.2 Å². The molecule has 2 aromatic carbocycles. The summed E-state index contributed by atoms with van der Waals surface area (Å²) in [5, 5.41) is 15.8. The third-order valence-corrected chi connectivity index (χ3v) is 11.3. The topological polar surface area (TPSA) is 95.9 Å². The average Bonchev–Trinajstić information content (AvgIpc) is 3.74. The maximum absolute atomic E-state index is 17.2. The number of anilines is 1. The summed E-state index contributed by atoms with van der Waals surface area (Å²) in [7, 11) is 0. The SMILES string of the molecule is CCc1c(F)ccc2cc(O)cc(-c3nc4c5c(nc(OC[C@]67CCCN6C/C(=C/F)C7)nc5c3F)N3C[C@H]5CC[C@H](N5)[C@H]3[C@H](C)O4)c12.